The van der Waals surface area contributed by atoms with Gasteiger partial charge < -0.3 is 0 Å². The van der Waals surface area contributed by atoms with E-state index in [0.29, 0.717) is 10.9 Å². The first kappa shape index (κ1) is 17.4. The predicted octanol–water partition coefficient (Wildman–Crippen LogP) is 3.78. The van der Waals surface area contributed by atoms with Crippen LogP contribution in [0.25, 0.3) is 0 Å². The monoisotopic (exact) mass is 401 g/mol. The van der Waals surface area contributed by atoms with E-state index >= 15 is 0 Å². The standard InChI is InChI=1S/C15H13Cl2N3O2S2/c16-14-8-13(15(17)23-14)24(21,22)19-9-11-2-4-12(5-3-11)10-20-7-1-6-18-20/h1-8,19H,9-10H2. The van der Waals surface area contributed by atoms with E-state index in [2.05, 4.69) is 9.82 Å². The molecule has 0 saturated carbocycles. The fourth-order valence-electron chi connectivity index (χ4n) is 2.11. The summed E-state index contributed by atoms with van der Waals surface area (Å²) in [7, 11) is -3.69. The third-order valence-electron chi connectivity index (χ3n) is 3.31. The SMILES string of the molecule is O=S(=O)(NCc1ccc(Cn2cccn2)cc1)c1cc(Cl)sc1Cl. The maximum atomic E-state index is 12.3. The van der Waals surface area contributed by atoms with Crippen molar-refractivity contribution < 1.29 is 8.42 Å². The molecule has 0 amide bonds. The second kappa shape index (κ2) is 7.25. The van der Waals surface area contributed by atoms with Gasteiger partial charge in [0.1, 0.15) is 9.23 Å². The molecule has 0 atom stereocenters. The summed E-state index contributed by atoms with van der Waals surface area (Å²) in [6.45, 7) is 0.843. The number of nitrogens with zero attached hydrogens (tertiary/aromatic N) is 2. The van der Waals surface area contributed by atoms with Crippen LogP contribution in [0.1, 0.15) is 11.1 Å². The molecule has 0 bridgehead atoms. The van der Waals surface area contributed by atoms with Gasteiger partial charge in [0.25, 0.3) is 0 Å². The number of halogens is 2. The van der Waals surface area contributed by atoms with Gasteiger partial charge in [0.05, 0.1) is 10.9 Å². The van der Waals surface area contributed by atoms with Crippen molar-refractivity contribution in [3.63, 3.8) is 0 Å². The average molecular weight is 402 g/mol. The highest BCUT2D eigenvalue weighted by atomic mass is 35.5. The Labute approximate surface area is 153 Å². The van der Waals surface area contributed by atoms with Crippen molar-refractivity contribution in [1.82, 2.24) is 14.5 Å². The summed E-state index contributed by atoms with van der Waals surface area (Å²) < 4.78 is 29.4. The fraction of sp³-hybridized carbons (Fsp3) is 0.133. The zero-order chi connectivity index (χ0) is 17.2. The van der Waals surface area contributed by atoms with Gasteiger partial charge in [-0.25, -0.2) is 13.1 Å². The number of hydrogen-bond acceptors (Lipinski definition) is 4. The quantitative estimate of drug-likeness (QED) is 0.683. The van der Waals surface area contributed by atoms with Crippen LogP contribution in [0.15, 0.2) is 53.7 Å². The first-order valence-corrected chi connectivity index (χ1v) is 9.99. The van der Waals surface area contributed by atoms with Crippen LogP contribution in [-0.4, -0.2) is 18.2 Å². The van der Waals surface area contributed by atoms with E-state index < -0.39 is 10.0 Å². The summed E-state index contributed by atoms with van der Waals surface area (Å²) in [6.07, 6.45) is 3.61. The van der Waals surface area contributed by atoms with E-state index in [1.54, 1.807) is 6.20 Å². The summed E-state index contributed by atoms with van der Waals surface area (Å²) in [6, 6.07) is 10.9. The molecule has 0 radical (unpaired) electrons. The van der Waals surface area contributed by atoms with Crippen molar-refractivity contribution >= 4 is 44.6 Å². The molecular weight excluding hydrogens is 389 g/mol. The highest BCUT2D eigenvalue weighted by Crippen LogP contribution is 2.34. The second-order valence-corrected chi connectivity index (χ2v) is 9.05. The van der Waals surface area contributed by atoms with Gasteiger partial charge in [-0.1, -0.05) is 47.5 Å². The van der Waals surface area contributed by atoms with Crippen LogP contribution in [0.3, 0.4) is 0 Å². The van der Waals surface area contributed by atoms with Crippen molar-refractivity contribution in [3.05, 3.63) is 68.6 Å². The van der Waals surface area contributed by atoms with Crippen molar-refractivity contribution in [3.8, 4) is 0 Å². The summed E-state index contributed by atoms with van der Waals surface area (Å²) in [5.41, 5.74) is 1.93. The topological polar surface area (TPSA) is 64.0 Å². The first-order valence-electron chi connectivity index (χ1n) is 6.94. The van der Waals surface area contributed by atoms with Crippen LogP contribution in [0.4, 0.5) is 0 Å². The summed E-state index contributed by atoms with van der Waals surface area (Å²) in [5, 5.41) is 4.15. The van der Waals surface area contributed by atoms with Crippen LogP contribution in [0.5, 0.6) is 0 Å². The third kappa shape index (κ3) is 4.17. The van der Waals surface area contributed by atoms with E-state index in [1.165, 1.54) is 6.07 Å². The number of benzene rings is 1. The van der Waals surface area contributed by atoms with Crippen LogP contribution in [-0.2, 0) is 23.1 Å². The molecule has 0 aliphatic rings. The lowest BCUT2D eigenvalue weighted by atomic mass is 10.1. The van der Waals surface area contributed by atoms with Gasteiger partial charge in [-0.3, -0.25) is 4.68 Å². The van der Waals surface area contributed by atoms with Gasteiger partial charge in [0, 0.05) is 18.9 Å². The molecule has 5 nitrogen and oxygen atoms in total. The molecule has 24 heavy (non-hydrogen) atoms. The van der Waals surface area contributed by atoms with Gasteiger partial charge in [0.15, 0.2) is 0 Å². The highest BCUT2D eigenvalue weighted by Gasteiger charge is 2.20. The highest BCUT2D eigenvalue weighted by molar-refractivity contribution is 7.89. The molecule has 2 heterocycles. The minimum Gasteiger partial charge on any atom is -0.268 e. The molecule has 1 N–H and O–H groups in total. The number of aromatic nitrogens is 2. The molecule has 0 aliphatic carbocycles. The van der Waals surface area contributed by atoms with Gasteiger partial charge in [-0.2, -0.15) is 5.10 Å². The zero-order valence-corrected chi connectivity index (χ0v) is 15.5. The Hall–Kier alpha value is -1.38. The lowest BCUT2D eigenvalue weighted by Crippen LogP contribution is -2.23. The molecule has 0 aliphatic heterocycles. The van der Waals surface area contributed by atoms with E-state index in [4.69, 9.17) is 23.2 Å². The number of sulfonamides is 1. The van der Waals surface area contributed by atoms with Crippen LogP contribution in [0.2, 0.25) is 8.67 Å². The number of thiophene rings is 1. The molecule has 3 aromatic rings. The Morgan fingerprint density at radius 3 is 2.46 bits per heavy atom. The Morgan fingerprint density at radius 1 is 1.17 bits per heavy atom. The van der Waals surface area contributed by atoms with E-state index in [9.17, 15) is 8.42 Å². The molecule has 0 saturated heterocycles. The molecule has 1 aromatic carbocycles. The largest absolute Gasteiger partial charge is 0.268 e. The lowest BCUT2D eigenvalue weighted by Gasteiger charge is -2.07. The van der Waals surface area contributed by atoms with Crippen LogP contribution >= 0.6 is 34.5 Å². The Kier molecular flexibility index (Phi) is 5.27. The Morgan fingerprint density at radius 2 is 1.88 bits per heavy atom. The van der Waals surface area contributed by atoms with E-state index in [1.807, 2.05) is 41.2 Å². The maximum absolute atomic E-state index is 12.3. The molecule has 126 valence electrons. The Bertz CT molecular complexity index is 920. The minimum atomic E-state index is -3.69. The maximum Gasteiger partial charge on any atom is 0.243 e. The van der Waals surface area contributed by atoms with Gasteiger partial charge >= 0.3 is 0 Å². The normalized spacial score (nSPS) is 11.8. The number of rotatable bonds is 6. The van der Waals surface area contributed by atoms with Gasteiger partial charge in [-0.15, -0.1) is 11.3 Å². The van der Waals surface area contributed by atoms with Crippen LogP contribution in [0, 0.1) is 0 Å². The second-order valence-electron chi connectivity index (χ2n) is 5.03. The predicted molar refractivity (Wildman–Crippen MR) is 96.1 cm³/mol. The molecular formula is C15H13Cl2N3O2S2. The molecule has 2 aromatic heterocycles. The third-order valence-corrected chi connectivity index (χ3v) is 6.46. The Balaban J connectivity index is 1.65. The molecule has 3 rings (SSSR count). The van der Waals surface area contributed by atoms with Gasteiger partial charge in [-0.05, 0) is 23.3 Å². The van der Waals surface area contributed by atoms with Crippen molar-refractivity contribution in [1.29, 1.82) is 0 Å². The van der Waals surface area contributed by atoms with Crippen molar-refractivity contribution in [2.75, 3.05) is 0 Å². The lowest BCUT2D eigenvalue weighted by molar-refractivity contribution is 0.582. The van der Waals surface area contributed by atoms with E-state index in [0.717, 1.165) is 22.5 Å². The molecule has 0 unspecified atom stereocenters. The first-order chi connectivity index (χ1) is 11.4. The summed E-state index contributed by atoms with van der Waals surface area (Å²) in [5.74, 6) is 0. The fourth-order valence-corrected chi connectivity index (χ4v) is 5.27. The zero-order valence-electron chi connectivity index (χ0n) is 12.3. The molecule has 9 heteroatoms. The minimum absolute atomic E-state index is 0.00877. The van der Waals surface area contributed by atoms with Crippen molar-refractivity contribution in [2.45, 2.75) is 18.0 Å². The van der Waals surface area contributed by atoms with Gasteiger partial charge in [0.2, 0.25) is 10.0 Å². The van der Waals surface area contributed by atoms with E-state index in [-0.39, 0.29) is 15.8 Å². The smallest absolute Gasteiger partial charge is 0.243 e. The average Bonchev–Trinajstić information content (AvgIpc) is 3.16. The molecule has 0 fully saturated rings. The number of hydrogen-bond donors (Lipinski definition) is 1. The molecule has 0 spiro atoms. The summed E-state index contributed by atoms with van der Waals surface area (Å²) in [4.78, 5) is 0.00877. The summed E-state index contributed by atoms with van der Waals surface area (Å²) >= 11 is 12.7. The number of nitrogens with one attached hydrogen (secondary N) is 1. The van der Waals surface area contributed by atoms with Crippen molar-refractivity contribution in [2.24, 2.45) is 0 Å². The van der Waals surface area contributed by atoms with Crippen LogP contribution < -0.4 is 4.72 Å².